The summed E-state index contributed by atoms with van der Waals surface area (Å²) in [5, 5.41) is 9.76. The molecule has 0 aliphatic rings. The average molecular weight is 518 g/mol. The molecule has 3 heterocycles. The summed E-state index contributed by atoms with van der Waals surface area (Å²) in [6.45, 7) is 0.0167. The van der Waals surface area contributed by atoms with Crippen LogP contribution in [0.3, 0.4) is 0 Å². The van der Waals surface area contributed by atoms with Gasteiger partial charge in [0.15, 0.2) is 12.3 Å². The maximum absolute atomic E-state index is 13.0. The van der Waals surface area contributed by atoms with Crippen molar-refractivity contribution in [2.24, 2.45) is 0 Å². The summed E-state index contributed by atoms with van der Waals surface area (Å²) in [5.74, 6) is -0.644. The van der Waals surface area contributed by atoms with Gasteiger partial charge in [0.1, 0.15) is 0 Å². The van der Waals surface area contributed by atoms with E-state index in [4.69, 9.17) is 14.0 Å². The molecule has 0 spiro atoms. The van der Waals surface area contributed by atoms with Gasteiger partial charge in [-0.2, -0.15) is 0 Å². The van der Waals surface area contributed by atoms with Crippen molar-refractivity contribution >= 4 is 41.1 Å². The van der Waals surface area contributed by atoms with Crippen LogP contribution < -0.4 is 5.30 Å². The van der Waals surface area contributed by atoms with Crippen molar-refractivity contribution < 1.29 is 23.1 Å². The molecule has 11 nitrogen and oxygen atoms in total. The largest absolute Gasteiger partial charge is 0.467 e. The first-order valence-corrected chi connectivity index (χ1v) is 12.9. The zero-order valence-electron chi connectivity index (χ0n) is 20.1. The van der Waals surface area contributed by atoms with Crippen LogP contribution in [-0.4, -0.2) is 56.7 Å². The molecule has 0 fully saturated rings. The molecule has 2 aromatic carbocycles. The molecule has 3 aromatic heterocycles. The summed E-state index contributed by atoms with van der Waals surface area (Å²) < 4.78 is 29.5. The minimum Gasteiger partial charge on any atom is -0.467 e. The maximum Gasteiger partial charge on any atom is 0.361 e. The lowest BCUT2D eigenvalue weighted by Crippen LogP contribution is -2.15. The van der Waals surface area contributed by atoms with E-state index in [0.717, 1.165) is 27.7 Å². The molecule has 0 radical (unpaired) electrons. The highest BCUT2D eigenvalue weighted by atomic mass is 31.2. The number of carbonyl (C=O) groups is 1. The van der Waals surface area contributed by atoms with Gasteiger partial charge in [0.2, 0.25) is 5.65 Å². The standard InChI is InChI=1S/C25H23N6O5P/c1-34-23(32)16-36-37(33,35-2)21-8-5-17(6-9-21)13-20-14-27-24-25(28-20)31(30-29-24)15-18-7-10-22-19(12-18)4-3-11-26-22/h3-12,14H,13,15-16H2,1-2H3. The van der Waals surface area contributed by atoms with E-state index < -0.39 is 20.2 Å². The SMILES string of the molecule is COC(=O)COP(=O)(OC)c1ccc(Cc2cnc3nnn(Cc4ccc5ncccc5c4)c3n2)cc1. The van der Waals surface area contributed by atoms with Crippen molar-refractivity contribution in [3.05, 3.63) is 83.8 Å². The number of carbonyl (C=O) groups excluding carboxylic acids is 1. The van der Waals surface area contributed by atoms with Gasteiger partial charge >= 0.3 is 13.6 Å². The topological polar surface area (TPSA) is 131 Å². The first-order chi connectivity index (χ1) is 18.0. The van der Waals surface area contributed by atoms with Gasteiger partial charge in [0.05, 0.1) is 36.4 Å². The van der Waals surface area contributed by atoms with Crippen molar-refractivity contribution in [3.8, 4) is 0 Å². The van der Waals surface area contributed by atoms with E-state index in [1.165, 1.54) is 14.2 Å². The summed E-state index contributed by atoms with van der Waals surface area (Å²) in [6, 6.07) is 16.9. The molecular formula is C25H23N6O5P. The fraction of sp³-hybridized carbons (Fsp3) is 0.200. The summed E-state index contributed by atoms with van der Waals surface area (Å²) in [4.78, 5) is 24.9. The molecule has 5 aromatic rings. The van der Waals surface area contributed by atoms with Gasteiger partial charge in [-0.1, -0.05) is 29.5 Å². The highest BCUT2D eigenvalue weighted by Gasteiger charge is 2.27. The molecule has 0 N–H and O–H groups in total. The molecule has 0 aliphatic carbocycles. The number of pyridine rings is 1. The van der Waals surface area contributed by atoms with E-state index in [-0.39, 0.29) is 0 Å². The number of hydrogen-bond donors (Lipinski definition) is 0. The lowest BCUT2D eigenvalue weighted by molar-refractivity contribution is -0.143. The molecule has 0 saturated heterocycles. The van der Waals surface area contributed by atoms with Crippen LogP contribution in [0.1, 0.15) is 16.8 Å². The van der Waals surface area contributed by atoms with Crippen LogP contribution >= 0.6 is 7.60 Å². The predicted octanol–water partition coefficient (Wildman–Crippen LogP) is 3.06. The van der Waals surface area contributed by atoms with E-state index in [2.05, 4.69) is 31.1 Å². The van der Waals surface area contributed by atoms with Crippen molar-refractivity contribution in [2.75, 3.05) is 20.8 Å². The van der Waals surface area contributed by atoms with Gasteiger partial charge in [-0.05, 0) is 41.5 Å². The number of hydrogen-bond acceptors (Lipinski definition) is 10. The highest BCUT2D eigenvalue weighted by Crippen LogP contribution is 2.45. The zero-order chi connectivity index (χ0) is 25.8. The summed E-state index contributed by atoms with van der Waals surface area (Å²) in [5.41, 5.74) is 4.66. The van der Waals surface area contributed by atoms with Crippen LogP contribution in [0, 0.1) is 0 Å². The van der Waals surface area contributed by atoms with Crippen molar-refractivity contribution in [2.45, 2.75) is 13.0 Å². The minimum absolute atomic E-state index is 0.331. The van der Waals surface area contributed by atoms with Gasteiger partial charge in [-0.25, -0.2) is 19.4 Å². The van der Waals surface area contributed by atoms with Crippen molar-refractivity contribution in [3.63, 3.8) is 0 Å². The fourth-order valence-corrected chi connectivity index (χ4v) is 5.07. The molecule has 0 bridgehead atoms. The molecule has 1 unspecified atom stereocenters. The Kier molecular flexibility index (Phi) is 7.00. The second kappa shape index (κ2) is 10.5. The van der Waals surface area contributed by atoms with E-state index >= 15 is 0 Å². The van der Waals surface area contributed by atoms with Crippen LogP contribution in [0.15, 0.2) is 67.0 Å². The summed E-state index contributed by atoms with van der Waals surface area (Å²) in [6.07, 6.45) is 3.92. The van der Waals surface area contributed by atoms with Gasteiger partial charge in [-0.3, -0.25) is 14.1 Å². The molecule has 1 atom stereocenters. The fourth-order valence-electron chi connectivity index (χ4n) is 3.81. The Bertz CT molecular complexity index is 1620. The Morgan fingerprint density at radius 3 is 2.62 bits per heavy atom. The second-order valence-electron chi connectivity index (χ2n) is 8.16. The lowest BCUT2D eigenvalue weighted by Gasteiger charge is -2.16. The van der Waals surface area contributed by atoms with Crippen molar-refractivity contribution in [1.29, 1.82) is 0 Å². The predicted molar refractivity (Wildman–Crippen MR) is 135 cm³/mol. The van der Waals surface area contributed by atoms with Crippen LogP contribution in [0.4, 0.5) is 0 Å². The highest BCUT2D eigenvalue weighted by molar-refractivity contribution is 7.62. The third-order valence-electron chi connectivity index (χ3n) is 5.74. The van der Waals surface area contributed by atoms with Crippen molar-refractivity contribution in [1.82, 2.24) is 29.9 Å². The van der Waals surface area contributed by atoms with E-state index in [9.17, 15) is 9.36 Å². The monoisotopic (exact) mass is 518 g/mol. The Hall–Kier alpha value is -4.05. The summed E-state index contributed by atoms with van der Waals surface area (Å²) >= 11 is 0. The van der Waals surface area contributed by atoms with Gasteiger partial charge in [-0.15, -0.1) is 5.10 Å². The van der Waals surface area contributed by atoms with Crippen LogP contribution in [0.5, 0.6) is 0 Å². The van der Waals surface area contributed by atoms with Crippen LogP contribution in [0.25, 0.3) is 22.2 Å². The molecule has 0 amide bonds. The Morgan fingerprint density at radius 1 is 1.03 bits per heavy atom. The quantitative estimate of drug-likeness (QED) is 0.212. The average Bonchev–Trinajstić information content (AvgIpc) is 3.33. The Morgan fingerprint density at radius 2 is 1.84 bits per heavy atom. The lowest BCUT2D eigenvalue weighted by atomic mass is 10.1. The first kappa shape index (κ1) is 24.6. The number of nitrogens with zero attached hydrogens (tertiary/aromatic N) is 6. The second-order valence-corrected chi connectivity index (χ2v) is 10.3. The molecule has 0 aliphatic heterocycles. The van der Waals surface area contributed by atoms with E-state index in [0.29, 0.717) is 29.6 Å². The zero-order valence-corrected chi connectivity index (χ0v) is 21.0. The molecule has 188 valence electrons. The number of rotatable bonds is 9. The summed E-state index contributed by atoms with van der Waals surface area (Å²) in [7, 11) is -1.16. The van der Waals surface area contributed by atoms with Gasteiger partial charge < -0.3 is 9.26 Å². The molecule has 12 heteroatoms. The number of methoxy groups -OCH3 is 1. The minimum atomic E-state index is -3.65. The maximum atomic E-state index is 13.0. The Balaban J connectivity index is 1.33. The number of aromatic nitrogens is 6. The number of fused-ring (bicyclic) bond motifs is 2. The molecular weight excluding hydrogens is 495 g/mol. The van der Waals surface area contributed by atoms with Gasteiger partial charge in [0, 0.05) is 25.1 Å². The normalized spacial score (nSPS) is 13.0. The van der Waals surface area contributed by atoms with Crippen LogP contribution in [-0.2, 0) is 36.1 Å². The molecule has 37 heavy (non-hydrogen) atoms. The van der Waals surface area contributed by atoms with Crippen LogP contribution in [0.2, 0.25) is 0 Å². The van der Waals surface area contributed by atoms with E-state index in [1.807, 2.05) is 24.3 Å². The number of ether oxygens (including phenoxy) is 1. The number of benzene rings is 2. The number of esters is 1. The third kappa shape index (κ3) is 5.39. The van der Waals surface area contributed by atoms with E-state index in [1.54, 1.807) is 41.3 Å². The molecule has 0 saturated carbocycles. The smallest absolute Gasteiger partial charge is 0.361 e. The molecule has 5 rings (SSSR count). The third-order valence-corrected chi connectivity index (χ3v) is 7.62. The first-order valence-electron chi connectivity index (χ1n) is 11.3. The van der Waals surface area contributed by atoms with Gasteiger partial charge in [0.25, 0.3) is 0 Å². The Labute approximate surface area is 212 Å².